The van der Waals surface area contributed by atoms with Crippen LogP contribution in [0.2, 0.25) is 0 Å². The molecule has 2 aliphatic rings. The number of hydrogen-bond donors (Lipinski definition) is 2. The number of rotatable bonds is 3. The quantitative estimate of drug-likeness (QED) is 0.634. The lowest BCUT2D eigenvalue weighted by atomic mass is 10.00. The van der Waals surface area contributed by atoms with Gasteiger partial charge in [-0.15, -0.1) is 10.2 Å². The molecule has 7 heteroatoms. The largest absolute Gasteiger partial charge is 0.493 e. The molecule has 0 saturated carbocycles. The van der Waals surface area contributed by atoms with Crippen LogP contribution in [0.25, 0.3) is 10.9 Å². The molecule has 1 aliphatic carbocycles. The van der Waals surface area contributed by atoms with E-state index in [0.717, 1.165) is 42.8 Å². The van der Waals surface area contributed by atoms with E-state index < -0.39 is 0 Å². The molecule has 1 aromatic heterocycles. The summed E-state index contributed by atoms with van der Waals surface area (Å²) >= 11 is 4.81. The number of nitrogens with two attached hydrogens (primary N) is 1. The van der Waals surface area contributed by atoms with Crippen molar-refractivity contribution in [3.05, 3.63) is 23.3 Å². The maximum atomic E-state index is 10.9. The lowest BCUT2D eigenvalue weighted by Gasteiger charge is -2.30. The predicted molar refractivity (Wildman–Crippen MR) is 107 cm³/mol. The van der Waals surface area contributed by atoms with Gasteiger partial charge in [-0.3, -0.25) is 9.47 Å². The third kappa shape index (κ3) is 3.21. The molecule has 2 heterocycles. The summed E-state index contributed by atoms with van der Waals surface area (Å²) in [4.78, 5) is 2.39. The van der Waals surface area contributed by atoms with Crippen molar-refractivity contribution < 1.29 is 5.11 Å². The van der Waals surface area contributed by atoms with Crippen LogP contribution in [-0.2, 0) is 19.5 Å². The summed E-state index contributed by atoms with van der Waals surface area (Å²) in [7, 11) is 0. The van der Waals surface area contributed by atoms with Crippen molar-refractivity contribution in [2.24, 2.45) is 21.9 Å². The number of thiocarbonyl (C=S) groups is 1. The van der Waals surface area contributed by atoms with Gasteiger partial charge in [0.1, 0.15) is 0 Å². The van der Waals surface area contributed by atoms with Crippen molar-refractivity contribution in [3.8, 4) is 5.88 Å². The van der Waals surface area contributed by atoms with Gasteiger partial charge in [-0.05, 0) is 73.5 Å². The Bertz CT molecular complexity index is 880. The van der Waals surface area contributed by atoms with E-state index in [-0.39, 0.29) is 11.0 Å². The Kier molecular flexibility index (Phi) is 4.67. The third-order valence-corrected chi connectivity index (χ3v) is 5.77. The van der Waals surface area contributed by atoms with E-state index in [1.807, 2.05) is 4.57 Å². The molecular weight excluding hydrogens is 346 g/mol. The summed E-state index contributed by atoms with van der Waals surface area (Å²) < 4.78 is 1.96. The van der Waals surface area contributed by atoms with Gasteiger partial charge in [-0.1, -0.05) is 6.92 Å². The topological polar surface area (TPSA) is 79.1 Å². The minimum atomic E-state index is -0.0310. The van der Waals surface area contributed by atoms with Gasteiger partial charge in [-0.2, -0.15) is 0 Å². The summed E-state index contributed by atoms with van der Waals surface area (Å²) in [6, 6.07) is 4.36. The van der Waals surface area contributed by atoms with E-state index in [1.165, 1.54) is 30.4 Å². The third-order valence-electron chi connectivity index (χ3n) is 5.69. The van der Waals surface area contributed by atoms with Gasteiger partial charge in [0.15, 0.2) is 5.69 Å². The van der Waals surface area contributed by atoms with Crippen LogP contribution in [-0.4, -0.2) is 32.8 Å². The summed E-state index contributed by atoms with van der Waals surface area (Å²) in [5.74, 6) is 0.918. The van der Waals surface area contributed by atoms with Crippen molar-refractivity contribution in [1.29, 1.82) is 0 Å². The van der Waals surface area contributed by atoms with Gasteiger partial charge in [0, 0.05) is 18.5 Å². The summed E-state index contributed by atoms with van der Waals surface area (Å²) in [6.45, 7) is 5.07. The van der Waals surface area contributed by atoms with Crippen molar-refractivity contribution >= 4 is 33.9 Å². The number of benzene rings is 1. The fourth-order valence-corrected chi connectivity index (χ4v) is 4.17. The van der Waals surface area contributed by atoms with Gasteiger partial charge < -0.3 is 10.8 Å². The molecule has 1 aliphatic heterocycles. The molecule has 3 N–H and O–H groups in total. The Morgan fingerprint density at radius 2 is 1.96 bits per heavy atom. The first-order chi connectivity index (χ1) is 12.5. The Labute approximate surface area is 158 Å². The van der Waals surface area contributed by atoms with E-state index in [4.69, 9.17) is 18.0 Å². The van der Waals surface area contributed by atoms with Crippen LogP contribution < -0.4 is 5.73 Å². The molecule has 0 unspecified atom stereocenters. The number of aromatic nitrogens is 1. The van der Waals surface area contributed by atoms with Gasteiger partial charge in [0.2, 0.25) is 11.0 Å². The number of hydrogen-bond acceptors (Lipinski definition) is 4. The fraction of sp³-hybridized carbons (Fsp3) is 0.526. The van der Waals surface area contributed by atoms with Gasteiger partial charge in [0.25, 0.3) is 0 Å². The first-order valence-corrected chi connectivity index (χ1v) is 9.74. The average Bonchev–Trinajstić information content (AvgIpc) is 3.16. The summed E-state index contributed by atoms with van der Waals surface area (Å²) in [6.07, 6.45) is 5.75. The molecule has 1 saturated heterocycles. The highest BCUT2D eigenvalue weighted by atomic mass is 32.1. The van der Waals surface area contributed by atoms with Crippen molar-refractivity contribution in [1.82, 2.24) is 9.47 Å². The van der Waals surface area contributed by atoms with E-state index in [1.54, 1.807) is 0 Å². The maximum Gasteiger partial charge on any atom is 0.221 e. The highest BCUT2D eigenvalue weighted by Crippen LogP contribution is 2.41. The molecule has 0 atom stereocenters. The molecule has 0 bridgehead atoms. The van der Waals surface area contributed by atoms with Crippen LogP contribution in [0.4, 0.5) is 5.69 Å². The number of fused-ring (bicyclic) bond motifs is 2. The van der Waals surface area contributed by atoms with Gasteiger partial charge >= 0.3 is 0 Å². The smallest absolute Gasteiger partial charge is 0.221 e. The standard InChI is InChI=1S/C19H25N5OS/c1-12-5-7-23(8-6-12)11-24-16-10-14-4-2-3-13(14)9-15(16)17(18(24)25)21-22-19(20)26/h9-10,12,25H,2-8,11H2,1H3,(H2,20,26). The van der Waals surface area contributed by atoms with Crippen LogP contribution in [0.1, 0.15) is 37.3 Å². The van der Waals surface area contributed by atoms with Crippen molar-refractivity contribution in [2.45, 2.75) is 45.7 Å². The first kappa shape index (κ1) is 17.4. The SMILES string of the molecule is CC1CCN(Cn2c(O)c(N=NC(N)=S)c3cc4c(cc32)CCC4)CC1. The van der Waals surface area contributed by atoms with E-state index in [9.17, 15) is 5.11 Å². The Morgan fingerprint density at radius 3 is 2.65 bits per heavy atom. The lowest BCUT2D eigenvalue weighted by Crippen LogP contribution is -2.34. The fourth-order valence-electron chi connectivity index (χ4n) is 4.13. The van der Waals surface area contributed by atoms with Crippen LogP contribution in [0.5, 0.6) is 5.88 Å². The average molecular weight is 372 g/mol. The molecule has 2 aromatic rings. The second-order valence-electron chi connectivity index (χ2n) is 7.57. The first-order valence-electron chi connectivity index (χ1n) is 9.33. The molecule has 0 radical (unpaired) electrons. The van der Waals surface area contributed by atoms with E-state index >= 15 is 0 Å². The lowest BCUT2D eigenvalue weighted by molar-refractivity contribution is 0.151. The van der Waals surface area contributed by atoms with Gasteiger partial charge in [0.05, 0.1) is 12.2 Å². The van der Waals surface area contributed by atoms with Crippen LogP contribution in [0, 0.1) is 5.92 Å². The highest BCUT2D eigenvalue weighted by Gasteiger charge is 2.23. The van der Waals surface area contributed by atoms with E-state index in [0.29, 0.717) is 12.4 Å². The zero-order valence-electron chi connectivity index (χ0n) is 15.1. The van der Waals surface area contributed by atoms with Crippen LogP contribution in [0.15, 0.2) is 22.4 Å². The second-order valence-corrected chi connectivity index (χ2v) is 7.99. The Balaban J connectivity index is 1.78. The molecule has 0 amide bonds. The number of likely N-dealkylation sites (tertiary alicyclic amines) is 1. The Hall–Kier alpha value is -1.99. The number of piperidine rings is 1. The monoisotopic (exact) mass is 371 g/mol. The maximum absolute atomic E-state index is 10.9. The molecule has 0 spiro atoms. The van der Waals surface area contributed by atoms with Crippen molar-refractivity contribution in [2.75, 3.05) is 13.1 Å². The van der Waals surface area contributed by atoms with Gasteiger partial charge in [-0.25, -0.2) is 0 Å². The zero-order chi connectivity index (χ0) is 18.3. The van der Waals surface area contributed by atoms with Crippen LogP contribution in [0.3, 0.4) is 0 Å². The molecule has 4 rings (SSSR count). The Morgan fingerprint density at radius 1 is 1.27 bits per heavy atom. The predicted octanol–water partition coefficient (Wildman–Crippen LogP) is 3.85. The molecule has 26 heavy (non-hydrogen) atoms. The summed E-state index contributed by atoms with van der Waals surface area (Å²) in [5.41, 5.74) is 9.66. The number of aromatic hydroxyl groups is 1. The summed E-state index contributed by atoms with van der Waals surface area (Å²) in [5, 5.41) is 19.7. The molecular formula is C19H25N5OS. The number of aryl methyl sites for hydroxylation is 2. The number of nitrogens with zero attached hydrogens (tertiary/aromatic N) is 4. The molecule has 1 fully saturated rings. The second kappa shape index (κ2) is 6.96. The molecule has 6 nitrogen and oxygen atoms in total. The highest BCUT2D eigenvalue weighted by molar-refractivity contribution is 7.80. The number of azo groups is 1. The minimum absolute atomic E-state index is 0.0310. The normalized spacial score (nSPS) is 18.8. The zero-order valence-corrected chi connectivity index (χ0v) is 15.9. The van der Waals surface area contributed by atoms with Crippen molar-refractivity contribution in [3.63, 3.8) is 0 Å². The molecule has 1 aromatic carbocycles. The van der Waals surface area contributed by atoms with Crippen LogP contribution >= 0.6 is 12.2 Å². The molecule has 138 valence electrons. The minimum Gasteiger partial charge on any atom is -0.493 e. The van der Waals surface area contributed by atoms with E-state index in [2.05, 4.69) is 34.2 Å².